The van der Waals surface area contributed by atoms with E-state index in [1.54, 1.807) is 6.92 Å². The van der Waals surface area contributed by atoms with Gasteiger partial charge in [-0.2, -0.15) is 0 Å². The molecule has 0 N–H and O–H groups in total. The lowest BCUT2D eigenvalue weighted by Gasteiger charge is -2.10. The summed E-state index contributed by atoms with van der Waals surface area (Å²) in [5.74, 6) is 1.66. The van der Waals surface area contributed by atoms with Crippen LogP contribution in [-0.4, -0.2) is 18.2 Å². The highest BCUT2D eigenvalue weighted by Crippen LogP contribution is 2.24. The van der Waals surface area contributed by atoms with E-state index in [-0.39, 0.29) is 11.7 Å². The first-order valence-electron chi connectivity index (χ1n) is 7.39. The SMILES string of the molecule is CC(=O)CCc1ccc(OCCC2CCCC2=O)cc1. The van der Waals surface area contributed by atoms with Crippen LogP contribution in [0.15, 0.2) is 24.3 Å². The topological polar surface area (TPSA) is 43.4 Å². The number of ether oxygens (including phenoxy) is 1. The maximum atomic E-state index is 11.5. The van der Waals surface area contributed by atoms with Crippen LogP contribution in [-0.2, 0) is 16.0 Å². The number of rotatable bonds is 7. The van der Waals surface area contributed by atoms with Crippen LogP contribution < -0.4 is 4.74 Å². The van der Waals surface area contributed by atoms with Crippen LogP contribution >= 0.6 is 0 Å². The summed E-state index contributed by atoms with van der Waals surface area (Å²) in [4.78, 5) is 22.4. The number of benzene rings is 1. The zero-order valence-corrected chi connectivity index (χ0v) is 12.1. The predicted octanol–water partition coefficient (Wildman–Crippen LogP) is 3.35. The number of aryl methyl sites for hydroxylation is 1. The molecular formula is C17H22O3. The summed E-state index contributed by atoms with van der Waals surface area (Å²) >= 11 is 0. The molecule has 3 nitrogen and oxygen atoms in total. The fourth-order valence-corrected chi connectivity index (χ4v) is 2.58. The predicted molar refractivity (Wildman–Crippen MR) is 77.9 cm³/mol. The quantitative estimate of drug-likeness (QED) is 0.766. The van der Waals surface area contributed by atoms with E-state index >= 15 is 0 Å². The Bertz CT molecular complexity index is 462. The average molecular weight is 274 g/mol. The molecule has 1 aliphatic rings. The molecule has 2 rings (SSSR count). The number of hydrogen-bond acceptors (Lipinski definition) is 3. The Balaban J connectivity index is 1.73. The van der Waals surface area contributed by atoms with Crippen molar-refractivity contribution in [1.82, 2.24) is 0 Å². The Labute approximate surface area is 120 Å². The number of carbonyl (C=O) groups is 2. The molecule has 0 heterocycles. The number of hydrogen-bond donors (Lipinski definition) is 0. The van der Waals surface area contributed by atoms with Crippen molar-refractivity contribution in [3.05, 3.63) is 29.8 Å². The van der Waals surface area contributed by atoms with Gasteiger partial charge in [0.05, 0.1) is 6.61 Å². The van der Waals surface area contributed by atoms with Crippen molar-refractivity contribution in [3.63, 3.8) is 0 Å². The highest BCUT2D eigenvalue weighted by molar-refractivity contribution is 5.82. The first-order chi connectivity index (χ1) is 9.65. The molecule has 108 valence electrons. The van der Waals surface area contributed by atoms with Gasteiger partial charge in [-0.15, -0.1) is 0 Å². The smallest absolute Gasteiger partial charge is 0.136 e. The third kappa shape index (κ3) is 4.48. The molecule has 1 aromatic carbocycles. The summed E-state index contributed by atoms with van der Waals surface area (Å²) in [7, 11) is 0. The van der Waals surface area contributed by atoms with Crippen molar-refractivity contribution in [2.45, 2.75) is 45.4 Å². The van der Waals surface area contributed by atoms with Crippen LogP contribution in [0.2, 0.25) is 0 Å². The monoisotopic (exact) mass is 274 g/mol. The maximum absolute atomic E-state index is 11.5. The standard InChI is InChI=1S/C17H22O3/c1-13(18)5-6-14-7-9-16(10-8-14)20-12-11-15-3-2-4-17(15)19/h7-10,15H,2-6,11-12H2,1H3. The Morgan fingerprint density at radius 3 is 2.65 bits per heavy atom. The van der Waals surface area contributed by atoms with Gasteiger partial charge in [0.15, 0.2) is 0 Å². The fraction of sp³-hybridized carbons (Fsp3) is 0.529. The summed E-state index contributed by atoms with van der Waals surface area (Å²) in [6.07, 6.45) is 5.00. The molecule has 0 radical (unpaired) electrons. The van der Waals surface area contributed by atoms with Crippen LogP contribution in [0, 0.1) is 5.92 Å². The first kappa shape index (κ1) is 14.8. The lowest BCUT2D eigenvalue weighted by Crippen LogP contribution is -2.11. The Morgan fingerprint density at radius 2 is 2.05 bits per heavy atom. The number of carbonyl (C=O) groups excluding carboxylic acids is 2. The molecule has 1 aliphatic carbocycles. The number of ketones is 2. The van der Waals surface area contributed by atoms with E-state index in [0.717, 1.165) is 43.4 Å². The molecule has 1 unspecified atom stereocenters. The maximum Gasteiger partial charge on any atom is 0.136 e. The van der Waals surface area contributed by atoms with Gasteiger partial charge in [-0.3, -0.25) is 4.79 Å². The van der Waals surface area contributed by atoms with Crippen molar-refractivity contribution in [3.8, 4) is 5.75 Å². The van der Waals surface area contributed by atoms with E-state index in [1.165, 1.54) is 0 Å². The Hall–Kier alpha value is -1.64. The lowest BCUT2D eigenvalue weighted by molar-refractivity contribution is -0.121. The molecule has 0 aromatic heterocycles. The van der Waals surface area contributed by atoms with Crippen LogP contribution in [0.3, 0.4) is 0 Å². The molecule has 0 saturated heterocycles. The van der Waals surface area contributed by atoms with E-state index in [4.69, 9.17) is 4.74 Å². The lowest BCUT2D eigenvalue weighted by atomic mass is 10.0. The van der Waals surface area contributed by atoms with E-state index in [1.807, 2.05) is 24.3 Å². The average Bonchev–Trinajstić information content (AvgIpc) is 2.83. The second-order valence-electron chi connectivity index (χ2n) is 5.54. The zero-order chi connectivity index (χ0) is 14.4. The molecule has 20 heavy (non-hydrogen) atoms. The molecule has 1 atom stereocenters. The highest BCUT2D eigenvalue weighted by Gasteiger charge is 2.23. The fourth-order valence-electron chi connectivity index (χ4n) is 2.58. The minimum absolute atomic E-state index is 0.213. The molecule has 3 heteroatoms. The normalized spacial score (nSPS) is 18.2. The van der Waals surface area contributed by atoms with Crippen molar-refractivity contribution >= 4 is 11.6 Å². The summed E-state index contributed by atoms with van der Waals surface area (Å²) in [6, 6.07) is 7.87. The second kappa shape index (κ2) is 7.22. The van der Waals surface area contributed by atoms with Crippen molar-refractivity contribution < 1.29 is 14.3 Å². The molecular weight excluding hydrogens is 252 g/mol. The second-order valence-corrected chi connectivity index (χ2v) is 5.54. The summed E-state index contributed by atoms with van der Waals surface area (Å²) in [5, 5.41) is 0. The van der Waals surface area contributed by atoms with Crippen LogP contribution in [0.1, 0.15) is 44.6 Å². The summed E-state index contributed by atoms with van der Waals surface area (Å²) in [5.41, 5.74) is 1.15. The van der Waals surface area contributed by atoms with Gasteiger partial charge in [0, 0.05) is 18.8 Å². The van der Waals surface area contributed by atoms with Gasteiger partial charge in [0.1, 0.15) is 17.3 Å². The third-order valence-corrected chi connectivity index (χ3v) is 3.86. The van der Waals surface area contributed by atoms with Crippen molar-refractivity contribution in [2.24, 2.45) is 5.92 Å². The molecule has 1 aromatic rings. The van der Waals surface area contributed by atoms with Gasteiger partial charge in [-0.1, -0.05) is 12.1 Å². The van der Waals surface area contributed by atoms with Gasteiger partial charge >= 0.3 is 0 Å². The van der Waals surface area contributed by atoms with E-state index < -0.39 is 0 Å². The van der Waals surface area contributed by atoms with Gasteiger partial charge < -0.3 is 9.53 Å². The molecule has 0 amide bonds. The highest BCUT2D eigenvalue weighted by atomic mass is 16.5. The van der Waals surface area contributed by atoms with E-state index in [9.17, 15) is 9.59 Å². The van der Waals surface area contributed by atoms with E-state index in [0.29, 0.717) is 18.8 Å². The molecule has 1 fully saturated rings. The molecule has 0 aliphatic heterocycles. The van der Waals surface area contributed by atoms with Crippen molar-refractivity contribution in [1.29, 1.82) is 0 Å². The number of Topliss-reactive ketones (excluding diaryl/α,β-unsaturated/α-hetero) is 2. The Morgan fingerprint density at radius 1 is 1.30 bits per heavy atom. The molecule has 0 bridgehead atoms. The van der Waals surface area contributed by atoms with Crippen LogP contribution in [0.4, 0.5) is 0 Å². The van der Waals surface area contributed by atoms with Crippen LogP contribution in [0.25, 0.3) is 0 Å². The minimum Gasteiger partial charge on any atom is -0.494 e. The van der Waals surface area contributed by atoms with Gasteiger partial charge in [-0.25, -0.2) is 0 Å². The largest absolute Gasteiger partial charge is 0.494 e. The molecule has 1 saturated carbocycles. The van der Waals surface area contributed by atoms with E-state index in [2.05, 4.69) is 0 Å². The minimum atomic E-state index is 0.213. The van der Waals surface area contributed by atoms with Crippen LogP contribution in [0.5, 0.6) is 5.75 Å². The van der Waals surface area contributed by atoms with Gasteiger partial charge in [-0.05, 0) is 50.3 Å². The summed E-state index contributed by atoms with van der Waals surface area (Å²) < 4.78 is 5.68. The summed E-state index contributed by atoms with van der Waals surface area (Å²) in [6.45, 7) is 2.21. The zero-order valence-electron chi connectivity index (χ0n) is 12.1. The van der Waals surface area contributed by atoms with Gasteiger partial charge in [0.25, 0.3) is 0 Å². The Kier molecular flexibility index (Phi) is 5.33. The first-order valence-corrected chi connectivity index (χ1v) is 7.39. The van der Waals surface area contributed by atoms with Gasteiger partial charge in [0.2, 0.25) is 0 Å². The van der Waals surface area contributed by atoms with Crippen molar-refractivity contribution in [2.75, 3.05) is 6.61 Å². The third-order valence-electron chi connectivity index (χ3n) is 3.86. The molecule has 0 spiro atoms.